The van der Waals surface area contributed by atoms with Crippen LogP contribution in [-0.4, -0.2) is 9.55 Å². The summed E-state index contributed by atoms with van der Waals surface area (Å²) in [4.78, 5) is 4.30. The predicted octanol–water partition coefficient (Wildman–Crippen LogP) is 3.97. The SMILES string of the molecule is CCC(NCc1nccn1C)c1ccc(Cl)cc1Cl. The summed E-state index contributed by atoms with van der Waals surface area (Å²) in [5, 5.41) is 4.84. The topological polar surface area (TPSA) is 29.9 Å². The Morgan fingerprint density at radius 2 is 2.16 bits per heavy atom. The standard InChI is InChI=1S/C14H17Cl2N3/c1-3-13(11-5-4-10(15)8-12(11)16)18-9-14-17-6-7-19(14)2/h4-8,13,18H,3,9H2,1-2H3. The first kappa shape index (κ1) is 14.4. The van der Waals surface area contributed by atoms with Crippen molar-refractivity contribution >= 4 is 23.2 Å². The lowest BCUT2D eigenvalue weighted by molar-refractivity contribution is 0.502. The molecule has 0 spiro atoms. The molecule has 0 bridgehead atoms. The maximum absolute atomic E-state index is 6.25. The molecule has 0 aliphatic rings. The monoisotopic (exact) mass is 297 g/mol. The molecule has 0 amide bonds. The fourth-order valence-electron chi connectivity index (χ4n) is 2.04. The van der Waals surface area contributed by atoms with Crippen molar-refractivity contribution in [3.63, 3.8) is 0 Å². The fourth-order valence-corrected chi connectivity index (χ4v) is 2.58. The molecule has 1 N–H and O–H groups in total. The maximum Gasteiger partial charge on any atom is 0.122 e. The van der Waals surface area contributed by atoms with E-state index in [0.717, 1.165) is 17.8 Å². The first-order valence-corrected chi connectivity index (χ1v) is 7.02. The number of hydrogen-bond acceptors (Lipinski definition) is 2. The largest absolute Gasteiger partial charge is 0.337 e. The van der Waals surface area contributed by atoms with Gasteiger partial charge in [0.25, 0.3) is 0 Å². The van der Waals surface area contributed by atoms with Crippen molar-refractivity contribution in [1.29, 1.82) is 0 Å². The minimum absolute atomic E-state index is 0.196. The zero-order valence-electron chi connectivity index (χ0n) is 11.0. The number of imidazole rings is 1. The summed E-state index contributed by atoms with van der Waals surface area (Å²) >= 11 is 12.2. The lowest BCUT2D eigenvalue weighted by Gasteiger charge is -2.18. The summed E-state index contributed by atoms with van der Waals surface area (Å²) in [6, 6.07) is 5.82. The highest BCUT2D eigenvalue weighted by Crippen LogP contribution is 2.28. The Morgan fingerprint density at radius 1 is 1.37 bits per heavy atom. The lowest BCUT2D eigenvalue weighted by atomic mass is 10.0. The first-order valence-electron chi connectivity index (χ1n) is 6.26. The van der Waals surface area contributed by atoms with Crippen molar-refractivity contribution in [2.24, 2.45) is 7.05 Å². The van der Waals surface area contributed by atoms with Crippen LogP contribution in [-0.2, 0) is 13.6 Å². The summed E-state index contributed by atoms with van der Waals surface area (Å²) in [6.45, 7) is 2.84. The van der Waals surface area contributed by atoms with Gasteiger partial charge >= 0.3 is 0 Å². The molecule has 1 heterocycles. The van der Waals surface area contributed by atoms with Gasteiger partial charge in [-0.2, -0.15) is 0 Å². The van der Waals surface area contributed by atoms with Gasteiger partial charge in [0.15, 0.2) is 0 Å². The number of halogens is 2. The van der Waals surface area contributed by atoms with E-state index >= 15 is 0 Å². The van der Waals surface area contributed by atoms with E-state index in [0.29, 0.717) is 16.6 Å². The second kappa shape index (κ2) is 6.42. The normalized spacial score (nSPS) is 12.6. The zero-order valence-corrected chi connectivity index (χ0v) is 12.5. The van der Waals surface area contributed by atoms with E-state index in [1.54, 1.807) is 12.3 Å². The second-order valence-corrected chi connectivity index (χ2v) is 5.31. The number of aromatic nitrogens is 2. The summed E-state index contributed by atoms with van der Waals surface area (Å²) in [6.07, 6.45) is 4.69. The Balaban J connectivity index is 2.10. The van der Waals surface area contributed by atoms with Crippen LogP contribution >= 0.6 is 23.2 Å². The number of nitrogens with one attached hydrogen (secondary N) is 1. The molecule has 0 aliphatic carbocycles. The van der Waals surface area contributed by atoms with Crippen molar-refractivity contribution in [2.75, 3.05) is 0 Å². The minimum Gasteiger partial charge on any atom is -0.337 e. The Hall–Kier alpha value is -1.03. The first-order chi connectivity index (χ1) is 9.11. The minimum atomic E-state index is 0.196. The van der Waals surface area contributed by atoms with E-state index in [1.807, 2.05) is 29.9 Å². The van der Waals surface area contributed by atoms with Gasteiger partial charge in [-0.25, -0.2) is 4.98 Å². The molecule has 1 aromatic carbocycles. The van der Waals surface area contributed by atoms with Crippen molar-refractivity contribution < 1.29 is 0 Å². The molecule has 1 aromatic heterocycles. The number of aryl methyl sites for hydroxylation is 1. The van der Waals surface area contributed by atoms with E-state index in [2.05, 4.69) is 17.2 Å². The molecule has 19 heavy (non-hydrogen) atoms. The number of nitrogens with zero attached hydrogens (tertiary/aromatic N) is 2. The average molecular weight is 298 g/mol. The predicted molar refractivity (Wildman–Crippen MR) is 79.5 cm³/mol. The van der Waals surface area contributed by atoms with Gasteiger partial charge in [0.05, 0.1) is 6.54 Å². The van der Waals surface area contributed by atoms with Crippen LogP contribution in [0.15, 0.2) is 30.6 Å². The van der Waals surface area contributed by atoms with Gasteiger partial charge in [0.1, 0.15) is 5.82 Å². The van der Waals surface area contributed by atoms with Crippen molar-refractivity contribution in [1.82, 2.24) is 14.9 Å². The molecule has 0 radical (unpaired) electrons. The molecule has 2 aromatic rings. The highest BCUT2D eigenvalue weighted by molar-refractivity contribution is 6.35. The zero-order chi connectivity index (χ0) is 13.8. The van der Waals surface area contributed by atoms with Crippen molar-refractivity contribution in [3.05, 3.63) is 52.0 Å². The third-order valence-corrected chi connectivity index (χ3v) is 3.74. The van der Waals surface area contributed by atoms with E-state index in [1.165, 1.54) is 0 Å². The Bertz CT molecular complexity index is 551. The second-order valence-electron chi connectivity index (χ2n) is 4.46. The summed E-state index contributed by atoms with van der Waals surface area (Å²) in [5.74, 6) is 1.00. The maximum atomic E-state index is 6.25. The Kier molecular flexibility index (Phi) is 4.86. The van der Waals surface area contributed by atoms with Gasteiger partial charge in [-0.15, -0.1) is 0 Å². The van der Waals surface area contributed by atoms with Crippen LogP contribution in [0.2, 0.25) is 10.0 Å². The molecule has 3 nitrogen and oxygen atoms in total. The number of benzene rings is 1. The molecule has 0 fully saturated rings. The van der Waals surface area contributed by atoms with E-state index in [4.69, 9.17) is 23.2 Å². The highest BCUT2D eigenvalue weighted by Gasteiger charge is 2.13. The lowest BCUT2D eigenvalue weighted by Crippen LogP contribution is -2.22. The molecule has 2 rings (SSSR count). The third kappa shape index (κ3) is 3.50. The third-order valence-electron chi connectivity index (χ3n) is 3.17. The molecular weight excluding hydrogens is 281 g/mol. The van der Waals surface area contributed by atoms with Gasteiger partial charge < -0.3 is 9.88 Å². The van der Waals surface area contributed by atoms with Gasteiger partial charge in [0, 0.05) is 35.5 Å². The summed E-state index contributed by atoms with van der Waals surface area (Å²) in [7, 11) is 1.99. The van der Waals surface area contributed by atoms with E-state index in [9.17, 15) is 0 Å². The van der Waals surface area contributed by atoms with Gasteiger partial charge in [-0.1, -0.05) is 36.2 Å². The Labute approximate surface area is 123 Å². The molecule has 0 saturated heterocycles. The van der Waals surface area contributed by atoms with Crippen LogP contribution < -0.4 is 5.32 Å². The Morgan fingerprint density at radius 3 is 2.74 bits per heavy atom. The average Bonchev–Trinajstić information content (AvgIpc) is 2.78. The van der Waals surface area contributed by atoms with Crippen LogP contribution in [0.3, 0.4) is 0 Å². The van der Waals surface area contributed by atoms with Crippen LogP contribution in [0.5, 0.6) is 0 Å². The molecular formula is C14H17Cl2N3. The van der Waals surface area contributed by atoms with Crippen LogP contribution in [0, 0.1) is 0 Å². The summed E-state index contributed by atoms with van der Waals surface area (Å²) < 4.78 is 2.00. The van der Waals surface area contributed by atoms with Gasteiger partial charge in [-0.05, 0) is 24.1 Å². The van der Waals surface area contributed by atoms with Gasteiger partial charge in [0.2, 0.25) is 0 Å². The fraction of sp³-hybridized carbons (Fsp3) is 0.357. The van der Waals surface area contributed by atoms with E-state index in [-0.39, 0.29) is 6.04 Å². The molecule has 0 saturated carbocycles. The van der Waals surface area contributed by atoms with Crippen LogP contribution in [0.25, 0.3) is 0 Å². The van der Waals surface area contributed by atoms with E-state index < -0.39 is 0 Å². The molecule has 1 unspecified atom stereocenters. The van der Waals surface area contributed by atoms with Crippen LogP contribution in [0.1, 0.15) is 30.8 Å². The molecule has 0 aliphatic heterocycles. The molecule has 1 atom stereocenters. The quantitative estimate of drug-likeness (QED) is 0.905. The molecule has 102 valence electrons. The summed E-state index contributed by atoms with van der Waals surface area (Å²) in [5.41, 5.74) is 1.07. The van der Waals surface area contributed by atoms with Crippen molar-refractivity contribution in [3.8, 4) is 0 Å². The van der Waals surface area contributed by atoms with Crippen molar-refractivity contribution in [2.45, 2.75) is 25.9 Å². The van der Waals surface area contributed by atoms with Gasteiger partial charge in [-0.3, -0.25) is 0 Å². The smallest absolute Gasteiger partial charge is 0.122 e. The molecule has 5 heteroatoms. The highest BCUT2D eigenvalue weighted by atomic mass is 35.5. The number of hydrogen-bond donors (Lipinski definition) is 1. The van der Waals surface area contributed by atoms with Crippen LogP contribution in [0.4, 0.5) is 0 Å². The number of rotatable bonds is 5.